The molecular weight excluding hydrogens is 553 g/mol. The van der Waals surface area contributed by atoms with E-state index in [1.165, 1.54) is 56.3 Å². The number of hydrogen-bond acceptors (Lipinski definition) is 6. The van der Waals surface area contributed by atoms with Crippen molar-refractivity contribution < 1.29 is 0 Å². The molecule has 0 unspecified atom stereocenters. The van der Waals surface area contributed by atoms with Gasteiger partial charge < -0.3 is 0 Å². The fourth-order valence-electron chi connectivity index (χ4n) is 6.28. The van der Waals surface area contributed by atoms with E-state index in [0.29, 0.717) is 0 Å². The Bertz CT molecular complexity index is 1520. The third kappa shape index (κ3) is 6.45. The van der Waals surface area contributed by atoms with E-state index in [1.54, 1.807) is 22.7 Å². The molecule has 42 heavy (non-hydrogen) atoms. The maximum absolute atomic E-state index is 5.08. The molecule has 212 valence electrons. The molecule has 2 saturated carbocycles. The van der Waals surface area contributed by atoms with Gasteiger partial charge in [-0.05, 0) is 84.3 Å². The molecule has 0 radical (unpaired) electrons. The van der Waals surface area contributed by atoms with Crippen molar-refractivity contribution in [2.24, 2.45) is 20.0 Å². The quantitative estimate of drug-likeness (QED) is 0.197. The fraction of sp³-hybridized carbons (Fsp3) is 0.333. The summed E-state index contributed by atoms with van der Waals surface area (Å²) in [6.07, 6.45) is 17.6. The highest BCUT2D eigenvalue weighted by Crippen LogP contribution is 2.31. The number of rotatable bonds is 0. The summed E-state index contributed by atoms with van der Waals surface area (Å²) in [6.45, 7) is 0. The molecule has 6 heteroatoms. The average Bonchev–Trinajstić information content (AvgIpc) is 3.72. The van der Waals surface area contributed by atoms with Gasteiger partial charge in [0.05, 0.1) is 24.2 Å². The van der Waals surface area contributed by atoms with Gasteiger partial charge in [-0.25, -0.2) is 0 Å². The van der Waals surface area contributed by atoms with Gasteiger partial charge in [0.15, 0.2) is 0 Å². The van der Waals surface area contributed by atoms with Gasteiger partial charge in [0.2, 0.25) is 0 Å². The third-order valence-corrected chi connectivity index (χ3v) is 10.7. The number of hydrogen-bond donors (Lipinski definition) is 0. The number of fused-ring (bicyclic) bond motifs is 12. The Morgan fingerprint density at radius 2 is 0.857 bits per heavy atom. The van der Waals surface area contributed by atoms with Gasteiger partial charge in [0.25, 0.3) is 0 Å². The van der Waals surface area contributed by atoms with Crippen molar-refractivity contribution in [3.8, 4) is 20.9 Å². The molecule has 4 atom stereocenters. The first-order chi connectivity index (χ1) is 20.8. The van der Waals surface area contributed by atoms with Crippen LogP contribution in [0.3, 0.4) is 0 Å². The maximum Gasteiger partial charge on any atom is 0.0723 e. The van der Waals surface area contributed by atoms with Gasteiger partial charge >= 0.3 is 0 Å². The van der Waals surface area contributed by atoms with Crippen LogP contribution in [0.5, 0.6) is 0 Å². The first kappa shape index (κ1) is 27.4. The van der Waals surface area contributed by atoms with Crippen molar-refractivity contribution in [3.05, 3.63) is 93.7 Å². The van der Waals surface area contributed by atoms with Gasteiger partial charge in [-0.15, -0.1) is 22.7 Å². The summed E-state index contributed by atoms with van der Waals surface area (Å²) in [5, 5.41) is 0. The molecule has 2 aliphatic carbocycles. The lowest BCUT2D eigenvalue weighted by Crippen LogP contribution is -2.27. The predicted octanol–water partition coefficient (Wildman–Crippen LogP) is 9.16. The molecule has 4 nitrogen and oxygen atoms in total. The van der Waals surface area contributed by atoms with E-state index >= 15 is 0 Å². The molecule has 1 aliphatic heterocycles. The van der Waals surface area contributed by atoms with Crippen LogP contribution >= 0.6 is 22.7 Å². The van der Waals surface area contributed by atoms with E-state index in [1.807, 2.05) is 0 Å². The molecule has 0 saturated heterocycles. The molecule has 4 aromatic rings. The lowest BCUT2D eigenvalue weighted by Gasteiger charge is -2.25. The molecule has 0 N–H and O–H groups in total. The lowest BCUT2D eigenvalue weighted by atomic mass is 9.91. The van der Waals surface area contributed by atoms with E-state index in [2.05, 4.69) is 97.7 Å². The monoisotopic (exact) mass is 588 g/mol. The molecule has 2 fully saturated rings. The van der Waals surface area contributed by atoms with Crippen molar-refractivity contribution in [2.75, 3.05) is 0 Å². The second-order valence-corrected chi connectivity index (χ2v) is 13.8. The van der Waals surface area contributed by atoms with Crippen LogP contribution in [-0.2, 0) is 0 Å². The Kier molecular flexibility index (Phi) is 8.34. The summed E-state index contributed by atoms with van der Waals surface area (Å²) in [4.78, 5) is 25.2. The van der Waals surface area contributed by atoms with E-state index < -0.39 is 0 Å². The summed E-state index contributed by atoms with van der Waals surface area (Å²) in [6, 6.07) is 27.2. The predicted molar refractivity (Wildman–Crippen MR) is 182 cm³/mol. The lowest BCUT2D eigenvalue weighted by molar-refractivity contribution is 0.390. The highest BCUT2D eigenvalue weighted by Gasteiger charge is 2.24. The van der Waals surface area contributed by atoms with Gasteiger partial charge in [-0.2, -0.15) is 0 Å². The van der Waals surface area contributed by atoms with Crippen molar-refractivity contribution in [2.45, 2.75) is 75.5 Å². The minimum absolute atomic E-state index is 0.229. The molecule has 2 aromatic carbocycles. The first-order valence-corrected chi connectivity index (χ1v) is 16.9. The van der Waals surface area contributed by atoms with Crippen LogP contribution in [0.4, 0.5) is 0 Å². The van der Waals surface area contributed by atoms with Crippen molar-refractivity contribution in [1.82, 2.24) is 0 Å². The van der Waals surface area contributed by atoms with Crippen molar-refractivity contribution in [1.29, 1.82) is 0 Å². The normalized spacial score (nSPS) is 24.0. The van der Waals surface area contributed by atoms with Crippen molar-refractivity contribution >= 4 is 47.5 Å². The van der Waals surface area contributed by atoms with Crippen LogP contribution in [0.2, 0.25) is 0 Å². The summed E-state index contributed by atoms with van der Waals surface area (Å²) >= 11 is 3.60. The van der Waals surface area contributed by atoms with Crippen LogP contribution in [0.25, 0.3) is 20.9 Å². The molecule has 3 aliphatic rings. The zero-order valence-corrected chi connectivity index (χ0v) is 25.4. The van der Waals surface area contributed by atoms with Crippen LogP contribution in [-0.4, -0.2) is 49.0 Å². The summed E-state index contributed by atoms with van der Waals surface area (Å²) in [7, 11) is 0. The van der Waals surface area contributed by atoms with Crippen LogP contribution in [0.1, 0.15) is 72.2 Å². The third-order valence-electron chi connectivity index (χ3n) is 8.60. The minimum Gasteiger partial charge on any atom is -0.287 e. The number of nitrogens with zero attached hydrogens (tertiary/aromatic N) is 4. The van der Waals surface area contributed by atoms with E-state index in [0.717, 1.165) is 36.8 Å². The largest absolute Gasteiger partial charge is 0.287 e. The molecule has 3 heterocycles. The highest BCUT2D eigenvalue weighted by molar-refractivity contribution is 7.17. The van der Waals surface area contributed by atoms with E-state index in [-0.39, 0.29) is 24.2 Å². The Morgan fingerprint density at radius 3 is 1.29 bits per heavy atom. The molecule has 7 rings (SSSR count). The molecule has 0 spiro atoms. The highest BCUT2D eigenvalue weighted by atomic mass is 32.1. The van der Waals surface area contributed by atoms with Gasteiger partial charge in [0.1, 0.15) is 0 Å². The summed E-state index contributed by atoms with van der Waals surface area (Å²) in [5.74, 6) is 0. The smallest absolute Gasteiger partial charge is 0.0723 e. The Hall–Kier alpha value is -3.48. The maximum atomic E-state index is 5.08. The van der Waals surface area contributed by atoms with Crippen LogP contribution in [0, 0.1) is 0 Å². The topological polar surface area (TPSA) is 49.4 Å². The Labute approximate surface area is 256 Å². The minimum atomic E-state index is 0.229. The molecule has 0 amide bonds. The molecule has 8 bridgehead atoms. The SMILES string of the molecule is C1=N[C@@H]2CCCC[C@H]2N=Cc2ccc(s2)-c2cccc(c2)C=N[C@@H]2CCCC[C@H]2N=Cc2ccc(s2)-c2cccc1c2. The van der Waals surface area contributed by atoms with E-state index in [9.17, 15) is 0 Å². The van der Waals surface area contributed by atoms with Gasteiger partial charge in [-0.1, -0.05) is 62.1 Å². The molecular formula is C36H36N4S2. The average molecular weight is 589 g/mol. The van der Waals surface area contributed by atoms with Gasteiger partial charge in [0, 0.05) is 44.4 Å². The summed E-state index contributed by atoms with van der Waals surface area (Å²) < 4.78 is 0. The molecule has 2 aromatic heterocycles. The van der Waals surface area contributed by atoms with Gasteiger partial charge in [-0.3, -0.25) is 20.0 Å². The zero-order chi connectivity index (χ0) is 28.1. The second kappa shape index (κ2) is 12.8. The number of aliphatic imine (C=N–C) groups is 4. The van der Waals surface area contributed by atoms with E-state index in [4.69, 9.17) is 20.0 Å². The second-order valence-electron chi connectivity index (χ2n) is 11.6. The number of benzene rings is 2. The van der Waals surface area contributed by atoms with Crippen LogP contribution in [0.15, 0.2) is 92.8 Å². The van der Waals surface area contributed by atoms with Crippen molar-refractivity contribution in [3.63, 3.8) is 0 Å². The Balaban J connectivity index is 1.24. The number of thiophene rings is 2. The first-order valence-electron chi connectivity index (χ1n) is 15.3. The summed E-state index contributed by atoms with van der Waals surface area (Å²) in [5.41, 5.74) is 4.75. The Morgan fingerprint density at radius 1 is 0.452 bits per heavy atom. The van der Waals surface area contributed by atoms with Crippen LogP contribution < -0.4 is 0 Å². The zero-order valence-electron chi connectivity index (χ0n) is 23.8. The standard InChI is InChI=1S/C36H36N4S2/c1-3-13-33-31(11-1)37-21-25-7-5-9-27(19-25)35-18-16-30(42-35)24-40-34-14-4-2-12-32(34)38-22-26-8-6-10-28(20-26)36-17-15-29(41-36)23-39-33/h5-10,15-24,31-34H,1-4,11-14H2/t31-,32-,33-,34-/m1/s1. The fourth-order valence-corrected chi connectivity index (χ4v) is 8.05.